The number of anilines is 1. The molecule has 1 saturated heterocycles. The second-order valence-electron chi connectivity index (χ2n) is 6.44. The summed E-state index contributed by atoms with van der Waals surface area (Å²) < 4.78 is 13.9. The van der Waals surface area contributed by atoms with Crippen LogP contribution in [0.5, 0.6) is 0 Å². The number of rotatable bonds is 3. The summed E-state index contributed by atoms with van der Waals surface area (Å²) in [6, 6.07) is 14.0. The zero-order valence-corrected chi connectivity index (χ0v) is 15.7. The zero-order chi connectivity index (χ0) is 20.5. The molecule has 0 saturated carbocycles. The van der Waals surface area contributed by atoms with Crippen LogP contribution in [-0.2, 0) is 9.59 Å². The molecule has 1 aliphatic heterocycles. The number of ketones is 1. The number of aromatic nitrogens is 1. The first kappa shape index (κ1) is 18.8. The van der Waals surface area contributed by atoms with Crippen molar-refractivity contribution >= 4 is 34.7 Å². The molecular weight excluding hydrogens is 395 g/mol. The predicted octanol–water partition coefficient (Wildman–Crippen LogP) is 4.50. The van der Waals surface area contributed by atoms with E-state index in [1.165, 1.54) is 47.6 Å². The Morgan fingerprint density at radius 3 is 2.48 bits per heavy atom. The van der Waals surface area contributed by atoms with Crippen LogP contribution >= 0.6 is 11.6 Å². The minimum atomic E-state index is -1.01. The van der Waals surface area contributed by atoms with Crippen molar-refractivity contribution in [3.63, 3.8) is 0 Å². The summed E-state index contributed by atoms with van der Waals surface area (Å²) in [7, 11) is 0. The molecule has 1 aromatic heterocycles. The van der Waals surface area contributed by atoms with E-state index >= 15 is 0 Å². The van der Waals surface area contributed by atoms with Gasteiger partial charge < -0.3 is 5.11 Å². The van der Waals surface area contributed by atoms with Crippen molar-refractivity contribution in [3.8, 4) is 0 Å². The van der Waals surface area contributed by atoms with Gasteiger partial charge in [0.25, 0.3) is 11.7 Å². The van der Waals surface area contributed by atoms with Crippen molar-refractivity contribution in [1.82, 2.24) is 4.98 Å². The lowest BCUT2D eigenvalue weighted by Crippen LogP contribution is -2.29. The van der Waals surface area contributed by atoms with Crippen molar-refractivity contribution in [2.45, 2.75) is 6.04 Å². The molecule has 1 aliphatic rings. The van der Waals surface area contributed by atoms with Gasteiger partial charge in [-0.25, -0.2) is 4.39 Å². The van der Waals surface area contributed by atoms with Gasteiger partial charge >= 0.3 is 0 Å². The Balaban J connectivity index is 1.95. The molecule has 0 bridgehead atoms. The van der Waals surface area contributed by atoms with Crippen molar-refractivity contribution in [1.29, 1.82) is 0 Å². The number of aliphatic hydroxyl groups excluding tert-OH is 1. The fourth-order valence-electron chi connectivity index (χ4n) is 3.35. The van der Waals surface area contributed by atoms with E-state index in [1.807, 2.05) is 0 Å². The number of hydrogen-bond acceptors (Lipinski definition) is 4. The van der Waals surface area contributed by atoms with Gasteiger partial charge in [-0.3, -0.25) is 19.5 Å². The van der Waals surface area contributed by atoms with E-state index in [0.717, 1.165) is 0 Å². The Labute approximate surface area is 170 Å². The van der Waals surface area contributed by atoms with E-state index in [4.69, 9.17) is 11.6 Å². The van der Waals surface area contributed by atoms with Crippen LogP contribution in [0.15, 0.2) is 78.6 Å². The van der Waals surface area contributed by atoms with Crippen LogP contribution in [0.1, 0.15) is 17.2 Å². The van der Waals surface area contributed by atoms with Gasteiger partial charge in [0, 0.05) is 16.8 Å². The number of carbonyl (C=O) groups is 2. The van der Waals surface area contributed by atoms with Gasteiger partial charge in [-0.1, -0.05) is 23.7 Å². The fourth-order valence-corrected chi connectivity index (χ4v) is 3.48. The smallest absolute Gasteiger partial charge is 0.300 e. The highest BCUT2D eigenvalue weighted by Gasteiger charge is 2.47. The van der Waals surface area contributed by atoms with E-state index in [0.29, 0.717) is 21.8 Å². The van der Waals surface area contributed by atoms with Crippen LogP contribution in [0.4, 0.5) is 10.1 Å². The maximum atomic E-state index is 13.9. The largest absolute Gasteiger partial charge is 0.507 e. The summed E-state index contributed by atoms with van der Waals surface area (Å²) in [6.07, 6.45) is 2.96. The molecule has 1 N–H and O–H groups in total. The summed E-state index contributed by atoms with van der Waals surface area (Å²) in [5, 5.41) is 11.3. The summed E-state index contributed by atoms with van der Waals surface area (Å²) in [5.74, 6) is -2.58. The molecule has 1 fully saturated rings. The third kappa shape index (κ3) is 3.39. The van der Waals surface area contributed by atoms with Crippen LogP contribution in [-0.4, -0.2) is 21.8 Å². The second kappa shape index (κ2) is 7.48. The quantitative estimate of drug-likeness (QED) is 0.393. The molecule has 144 valence electrons. The Hall–Kier alpha value is -3.51. The predicted molar refractivity (Wildman–Crippen MR) is 107 cm³/mol. The molecule has 2 aromatic carbocycles. The number of nitrogens with zero attached hydrogens (tertiary/aromatic N) is 2. The van der Waals surface area contributed by atoms with Crippen molar-refractivity contribution in [2.24, 2.45) is 0 Å². The second-order valence-corrected chi connectivity index (χ2v) is 6.88. The standard InChI is InChI=1S/C22H14ClFN2O3/c23-15-8-6-13(7-9-15)20(27)18-19(14-3-1-4-16(24)11-14)26(22(29)21(18)28)17-5-2-10-25-12-17/h1-12,19,27H/t19-/m0/s1. The van der Waals surface area contributed by atoms with Crippen molar-refractivity contribution in [3.05, 3.63) is 101 Å². The van der Waals surface area contributed by atoms with Crippen LogP contribution in [0.25, 0.3) is 5.76 Å². The maximum absolute atomic E-state index is 13.9. The highest BCUT2D eigenvalue weighted by Crippen LogP contribution is 2.42. The first-order valence-electron chi connectivity index (χ1n) is 8.70. The van der Waals surface area contributed by atoms with Gasteiger partial charge in [-0.2, -0.15) is 0 Å². The molecule has 0 radical (unpaired) electrons. The van der Waals surface area contributed by atoms with Crippen LogP contribution in [0.3, 0.4) is 0 Å². The molecule has 0 spiro atoms. The molecule has 4 rings (SSSR count). The highest BCUT2D eigenvalue weighted by molar-refractivity contribution is 6.51. The van der Waals surface area contributed by atoms with E-state index in [1.54, 1.807) is 30.3 Å². The number of amides is 1. The van der Waals surface area contributed by atoms with E-state index < -0.39 is 23.5 Å². The number of pyridine rings is 1. The topological polar surface area (TPSA) is 70.5 Å². The minimum Gasteiger partial charge on any atom is -0.507 e. The number of halogens is 2. The van der Waals surface area contributed by atoms with Gasteiger partial charge in [0.1, 0.15) is 11.6 Å². The number of hydrogen-bond donors (Lipinski definition) is 1. The number of benzene rings is 2. The van der Waals surface area contributed by atoms with Crippen LogP contribution in [0.2, 0.25) is 5.02 Å². The highest BCUT2D eigenvalue weighted by atomic mass is 35.5. The molecular formula is C22H14ClFN2O3. The normalized spacial score (nSPS) is 18.3. The summed E-state index contributed by atoms with van der Waals surface area (Å²) in [4.78, 5) is 31.0. The van der Waals surface area contributed by atoms with Crippen LogP contribution in [0, 0.1) is 5.82 Å². The minimum absolute atomic E-state index is 0.133. The lowest BCUT2D eigenvalue weighted by Gasteiger charge is -2.25. The van der Waals surface area contributed by atoms with Gasteiger partial charge in [-0.15, -0.1) is 0 Å². The molecule has 3 aromatic rings. The van der Waals surface area contributed by atoms with E-state index in [-0.39, 0.29) is 11.3 Å². The molecule has 5 nitrogen and oxygen atoms in total. The molecule has 7 heteroatoms. The third-order valence-electron chi connectivity index (χ3n) is 4.65. The number of carbonyl (C=O) groups excluding carboxylic acids is 2. The Bertz CT molecular complexity index is 1130. The summed E-state index contributed by atoms with van der Waals surface area (Å²) in [6.45, 7) is 0. The third-order valence-corrected chi connectivity index (χ3v) is 4.90. The monoisotopic (exact) mass is 408 g/mol. The average Bonchev–Trinajstić information content (AvgIpc) is 2.99. The van der Waals surface area contributed by atoms with Crippen molar-refractivity contribution < 1.29 is 19.1 Å². The average molecular weight is 409 g/mol. The first-order chi connectivity index (χ1) is 14.0. The number of aliphatic hydroxyl groups is 1. The van der Waals surface area contributed by atoms with Gasteiger partial charge in [0.05, 0.1) is 23.5 Å². The summed E-state index contributed by atoms with van der Waals surface area (Å²) in [5.41, 5.74) is 0.898. The molecule has 29 heavy (non-hydrogen) atoms. The maximum Gasteiger partial charge on any atom is 0.300 e. The Morgan fingerprint density at radius 1 is 1.07 bits per heavy atom. The number of Topliss-reactive ketones (excluding diaryl/α,β-unsaturated/α-hetero) is 1. The van der Waals surface area contributed by atoms with Crippen molar-refractivity contribution in [2.75, 3.05) is 4.90 Å². The lowest BCUT2D eigenvalue weighted by molar-refractivity contribution is -0.132. The molecule has 2 heterocycles. The molecule has 0 unspecified atom stereocenters. The first-order valence-corrected chi connectivity index (χ1v) is 9.07. The van der Waals surface area contributed by atoms with E-state index in [9.17, 15) is 19.1 Å². The lowest BCUT2D eigenvalue weighted by atomic mass is 9.95. The van der Waals surface area contributed by atoms with Crippen LogP contribution < -0.4 is 4.90 Å². The fraction of sp³-hybridized carbons (Fsp3) is 0.0455. The molecule has 1 amide bonds. The zero-order valence-electron chi connectivity index (χ0n) is 14.9. The van der Waals surface area contributed by atoms with Gasteiger partial charge in [0.2, 0.25) is 0 Å². The summed E-state index contributed by atoms with van der Waals surface area (Å²) >= 11 is 5.90. The Morgan fingerprint density at radius 2 is 1.83 bits per heavy atom. The SMILES string of the molecule is O=C1C(=O)N(c2cccnc2)[C@@H](c2cccc(F)c2)C1=C(O)c1ccc(Cl)cc1. The molecule has 1 atom stereocenters. The van der Waals surface area contributed by atoms with E-state index in [2.05, 4.69) is 4.98 Å². The Kier molecular flexibility index (Phi) is 4.86. The van der Waals surface area contributed by atoms with Gasteiger partial charge in [0.15, 0.2) is 0 Å². The molecule has 0 aliphatic carbocycles. The van der Waals surface area contributed by atoms with Gasteiger partial charge in [-0.05, 0) is 54.1 Å².